The summed E-state index contributed by atoms with van der Waals surface area (Å²) >= 11 is 0. The number of ether oxygens (including phenoxy) is 2. The fourth-order valence-electron chi connectivity index (χ4n) is 5.55. The molecule has 0 aromatic heterocycles. The summed E-state index contributed by atoms with van der Waals surface area (Å²) in [6.45, 7) is 6.92. The van der Waals surface area contributed by atoms with E-state index in [1.807, 2.05) is 66.5 Å². The molecule has 1 aliphatic rings. The van der Waals surface area contributed by atoms with Gasteiger partial charge in [-0.25, -0.2) is 4.79 Å². The van der Waals surface area contributed by atoms with Gasteiger partial charge in [0.05, 0.1) is 5.60 Å². The van der Waals surface area contributed by atoms with Crippen molar-refractivity contribution < 1.29 is 19.4 Å². The summed E-state index contributed by atoms with van der Waals surface area (Å²) in [5.74, 6) is 1.76. The number of carbonyl (C=O) groups excluding carboxylic acids is 1. The summed E-state index contributed by atoms with van der Waals surface area (Å²) in [4.78, 5) is 15.2. The van der Waals surface area contributed by atoms with Gasteiger partial charge in [-0.1, -0.05) is 50.2 Å². The monoisotopic (exact) mass is 525 g/mol. The molecular formula is C31H47N3O4. The van der Waals surface area contributed by atoms with Crippen LogP contribution in [0.2, 0.25) is 0 Å². The van der Waals surface area contributed by atoms with E-state index in [1.165, 1.54) is 0 Å². The molecule has 3 atom stereocenters. The zero-order valence-corrected chi connectivity index (χ0v) is 23.6. The van der Waals surface area contributed by atoms with Gasteiger partial charge in [0.15, 0.2) is 0 Å². The molecule has 0 bridgehead atoms. The van der Waals surface area contributed by atoms with E-state index in [0.717, 1.165) is 50.0 Å². The summed E-state index contributed by atoms with van der Waals surface area (Å²) in [7, 11) is 3.61. The van der Waals surface area contributed by atoms with Gasteiger partial charge in [0, 0.05) is 50.9 Å². The molecule has 2 aromatic rings. The van der Waals surface area contributed by atoms with E-state index in [2.05, 4.69) is 24.5 Å². The van der Waals surface area contributed by atoms with Crippen molar-refractivity contribution in [1.82, 2.24) is 15.5 Å². The molecule has 1 aliphatic heterocycles. The van der Waals surface area contributed by atoms with Gasteiger partial charge in [0.1, 0.15) is 11.5 Å². The number of unbranched alkanes of at least 4 members (excludes halogenated alkanes) is 1. The highest BCUT2D eigenvalue weighted by Crippen LogP contribution is 2.44. The van der Waals surface area contributed by atoms with Crippen molar-refractivity contribution in [2.45, 2.75) is 64.0 Å². The van der Waals surface area contributed by atoms with E-state index in [4.69, 9.17) is 9.47 Å². The second-order valence-corrected chi connectivity index (χ2v) is 10.9. The fourth-order valence-corrected chi connectivity index (χ4v) is 5.55. The summed E-state index contributed by atoms with van der Waals surface area (Å²) in [6, 6.07) is 17.5. The lowest BCUT2D eigenvalue weighted by molar-refractivity contribution is -0.0575. The molecule has 1 saturated heterocycles. The number of aliphatic hydroxyl groups is 1. The molecule has 1 heterocycles. The Morgan fingerprint density at radius 1 is 1.13 bits per heavy atom. The summed E-state index contributed by atoms with van der Waals surface area (Å²) in [5.41, 5.74) is -0.359. The maximum Gasteiger partial charge on any atom is 0.317 e. The summed E-state index contributed by atoms with van der Waals surface area (Å²) in [5, 5.41) is 18.9. The largest absolute Gasteiger partial charge is 0.457 e. The minimum atomic E-state index is -1.14. The van der Waals surface area contributed by atoms with Gasteiger partial charge in [0.2, 0.25) is 0 Å². The number of para-hydroxylation sites is 2. The molecule has 3 N–H and O–H groups in total. The van der Waals surface area contributed by atoms with E-state index < -0.39 is 5.60 Å². The number of likely N-dealkylation sites (tertiary alicyclic amines) is 1. The van der Waals surface area contributed by atoms with Gasteiger partial charge in [0.25, 0.3) is 0 Å². The number of nitrogens with one attached hydrogen (secondary N) is 2. The van der Waals surface area contributed by atoms with Crippen LogP contribution in [0.25, 0.3) is 0 Å². The topological polar surface area (TPSA) is 83.1 Å². The molecule has 0 saturated carbocycles. The lowest BCUT2D eigenvalue weighted by Crippen LogP contribution is -2.54. The fraction of sp³-hybridized carbons (Fsp3) is 0.581. The minimum Gasteiger partial charge on any atom is -0.457 e. The second kappa shape index (κ2) is 15.1. The molecule has 38 heavy (non-hydrogen) atoms. The first-order valence-corrected chi connectivity index (χ1v) is 14.1. The lowest BCUT2D eigenvalue weighted by atomic mass is 9.73. The number of hydrogen-bond acceptors (Lipinski definition) is 5. The van der Waals surface area contributed by atoms with E-state index in [-0.39, 0.29) is 18.0 Å². The van der Waals surface area contributed by atoms with Crippen LogP contribution < -0.4 is 15.4 Å². The number of hydrogen-bond donors (Lipinski definition) is 3. The predicted molar refractivity (Wildman–Crippen MR) is 153 cm³/mol. The molecule has 3 rings (SSSR count). The van der Waals surface area contributed by atoms with E-state index in [1.54, 1.807) is 7.11 Å². The minimum absolute atomic E-state index is 0.0499. The highest BCUT2D eigenvalue weighted by atomic mass is 16.5. The Balaban J connectivity index is 1.84. The number of methoxy groups -OCH3 is 1. The number of piperidine rings is 1. The van der Waals surface area contributed by atoms with Crippen molar-refractivity contribution in [2.24, 2.45) is 11.8 Å². The van der Waals surface area contributed by atoms with Gasteiger partial charge >= 0.3 is 6.03 Å². The first-order chi connectivity index (χ1) is 18.4. The Bertz CT molecular complexity index is 971. The van der Waals surface area contributed by atoms with Crippen LogP contribution in [-0.4, -0.2) is 62.5 Å². The molecule has 0 spiro atoms. The Labute approximate surface area is 228 Å². The molecule has 0 radical (unpaired) electrons. The normalized spacial score (nSPS) is 18.2. The van der Waals surface area contributed by atoms with Crippen LogP contribution in [0.5, 0.6) is 11.5 Å². The molecule has 7 heteroatoms. The number of benzene rings is 2. The van der Waals surface area contributed by atoms with Gasteiger partial charge < -0.3 is 30.1 Å². The van der Waals surface area contributed by atoms with Crippen molar-refractivity contribution in [2.75, 3.05) is 40.4 Å². The lowest BCUT2D eigenvalue weighted by Gasteiger charge is -2.43. The van der Waals surface area contributed by atoms with Crippen LogP contribution in [0.4, 0.5) is 4.79 Å². The molecule has 2 aromatic carbocycles. The zero-order valence-electron chi connectivity index (χ0n) is 23.6. The molecule has 0 aliphatic carbocycles. The van der Waals surface area contributed by atoms with Gasteiger partial charge in [-0.2, -0.15) is 0 Å². The van der Waals surface area contributed by atoms with E-state index in [9.17, 15) is 9.90 Å². The van der Waals surface area contributed by atoms with Crippen LogP contribution in [0.1, 0.15) is 57.9 Å². The van der Waals surface area contributed by atoms with Crippen LogP contribution in [-0.2, 0) is 10.3 Å². The number of nitrogens with zero attached hydrogens (tertiary/aromatic N) is 1. The van der Waals surface area contributed by atoms with Crippen molar-refractivity contribution in [3.8, 4) is 11.5 Å². The Morgan fingerprint density at radius 3 is 2.58 bits per heavy atom. The van der Waals surface area contributed by atoms with E-state index in [0.29, 0.717) is 37.8 Å². The van der Waals surface area contributed by atoms with Crippen LogP contribution in [0, 0.1) is 11.8 Å². The van der Waals surface area contributed by atoms with E-state index >= 15 is 0 Å². The second-order valence-electron chi connectivity index (χ2n) is 10.9. The van der Waals surface area contributed by atoms with Crippen molar-refractivity contribution in [3.63, 3.8) is 0 Å². The van der Waals surface area contributed by atoms with Crippen molar-refractivity contribution in [3.05, 3.63) is 60.2 Å². The third-order valence-corrected chi connectivity index (χ3v) is 7.40. The quantitative estimate of drug-likeness (QED) is 0.282. The molecule has 1 fully saturated rings. The Kier molecular flexibility index (Phi) is 11.9. The first kappa shape index (κ1) is 29.9. The smallest absolute Gasteiger partial charge is 0.317 e. The highest BCUT2D eigenvalue weighted by Gasteiger charge is 2.43. The maximum absolute atomic E-state index is 13.3. The molecule has 2 amide bonds. The average molecular weight is 526 g/mol. The van der Waals surface area contributed by atoms with Gasteiger partial charge in [-0.3, -0.25) is 0 Å². The number of amides is 2. The van der Waals surface area contributed by atoms with Gasteiger partial charge in [-0.05, 0) is 69.7 Å². The number of carbonyl (C=O) groups is 1. The van der Waals surface area contributed by atoms with Gasteiger partial charge in [-0.15, -0.1) is 0 Å². The number of urea groups is 1. The van der Waals surface area contributed by atoms with Crippen LogP contribution >= 0.6 is 0 Å². The molecule has 0 unspecified atom stereocenters. The van der Waals surface area contributed by atoms with Crippen LogP contribution in [0.3, 0.4) is 0 Å². The molecule has 210 valence electrons. The zero-order chi connectivity index (χ0) is 27.4. The standard InChI is InChI=1S/C31H47N3O4/c1-24(2)21-26(22-32-3)33-30(35)34-19-12-13-25(23-34)31(36,18-10-11-20-37-4)28-16-8-9-17-29(28)38-27-14-6-5-7-15-27/h5-9,14-17,24-26,32,36H,10-13,18-23H2,1-4H3,(H,33,35)/t25-,26+,31+/m1/s1. The Morgan fingerprint density at radius 2 is 1.87 bits per heavy atom. The predicted octanol–water partition coefficient (Wildman–Crippen LogP) is 5.54. The average Bonchev–Trinajstić information content (AvgIpc) is 2.92. The third kappa shape index (κ3) is 8.45. The molecule has 7 nitrogen and oxygen atoms in total. The highest BCUT2D eigenvalue weighted by molar-refractivity contribution is 5.74. The summed E-state index contributed by atoms with van der Waals surface area (Å²) in [6.07, 6.45) is 4.85. The third-order valence-electron chi connectivity index (χ3n) is 7.40. The van der Waals surface area contributed by atoms with Crippen molar-refractivity contribution in [1.29, 1.82) is 0 Å². The SMILES string of the molecule is CNC[C@H](CC(C)C)NC(=O)N1CCC[C@@H]([C@@](O)(CCCCOC)c2ccccc2Oc2ccccc2)C1. The Hall–Kier alpha value is -2.61. The van der Waals surface area contributed by atoms with Crippen molar-refractivity contribution >= 4 is 6.03 Å². The van der Waals surface area contributed by atoms with Crippen LogP contribution in [0.15, 0.2) is 54.6 Å². The summed E-state index contributed by atoms with van der Waals surface area (Å²) < 4.78 is 11.6. The number of likely N-dealkylation sites (N-methyl/N-ethyl adjacent to an activating group) is 1. The first-order valence-electron chi connectivity index (χ1n) is 14.1. The number of rotatable bonds is 14. The maximum atomic E-state index is 13.3. The molecular weight excluding hydrogens is 478 g/mol.